The van der Waals surface area contributed by atoms with Crippen molar-refractivity contribution >= 4 is 15.9 Å². The zero-order chi connectivity index (χ0) is 12.1. The molecule has 0 aromatic carbocycles. The third-order valence-corrected chi connectivity index (χ3v) is 3.44. The highest BCUT2D eigenvalue weighted by molar-refractivity contribution is 9.10. The van der Waals surface area contributed by atoms with E-state index in [1.165, 1.54) is 0 Å². The molecule has 1 atom stereocenters. The number of aryl methyl sites for hydroxylation is 1. The van der Waals surface area contributed by atoms with Crippen molar-refractivity contribution in [1.82, 2.24) is 15.0 Å². The molecule has 1 aromatic rings. The molecule has 0 aliphatic carbocycles. The fraction of sp³-hybridized carbons (Fsp3) is 0.818. The molecule has 92 valence electrons. The van der Waals surface area contributed by atoms with E-state index in [9.17, 15) is 5.11 Å². The molecule has 0 fully saturated rings. The van der Waals surface area contributed by atoms with E-state index in [0.717, 1.165) is 31.4 Å². The molecule has 0 spiro atoms. The van der Waals surface area contributed by atoms with Crippen LogP contribution in [0, 0.1) is 5.92 Å². The van der Waals surface area contributed by atoms with Gasteiger partial charge in [0.15, 0.2) is 4.60 Å². The number of aliphatic hydroxyl groups excluding tert-OH is 1. The van der Waals surface area contributed by atoms with Gasteiger partial charge in [-0.1, -0.05) is 31.9 Å². The van der Waals surface area contributed by atoms with Crippen LogP contribution >= 0.6 is 15.9 Å². The van der Waals surface area contributed by atoms with E-state index >= 15 is 0 Å². The highest BCUT2D eigenvalue weighted by Crippen LogP contribution is 2.32. The van der Waals surface area contributed by atoms with Gasteiger partial charge in [0.25, 0.3) is 0 Å². The maximum Gasteiger partial charge on any atom is 0.154 e. The summed E-state index contributed by atoms with van der Waals surface area (Å²) in [5.41, 5.74) is 0.784. The largest absolute Gasteiger partial charge is 0.386 e. The lowest BCUT2D eigenvalue weighted by molar-refractivity contribution is 0.0881. The van der Waals surface area contributed by atoms with Gasteiger partial charge in [0.05, 0.1) is 0 Å². The van der Waals surface area contributed by atoms with Crippen LogP contribution in [-0.2, 0) is 7.05 Å². The van der Waals surface area contributed by atoms with E-state index in [1.807, 2.05) is 7.05 Å². The van der Waals surface area contributed by atoms with Crippen LogP contribution < -0.4 is 0 Å². The second-order valence-electron chi connectivity index (χ2n) is 4.17. The summed E-state index contributed by atoms with van der Waals surface area (Å²) in [6, 6.07) is 0. The van der Waals surface area contributed by atoms with Crippen molar-refractivity contribution in [1.29, 1.82) is 0 Å². The first-order valence-electron chi connectivity index (χ1n) is 5.84. The van der Waals surface area contributed by atoms with Gasteiger partial charge in [-0.25, -0.2) is 4.68 Å². The third-order valence-electron chi connectivity index (χ3n) is 2.87. The van der Waals surface area contributed by atoms with E-state index < -0.39 is 6.10 Å². The number of hydrogen-bond acceptors (Lipinski definition) is 3. The predicted octanol–water partition coefficient (Wildman–Crippen LogP) is 2.83. The molecule has 1 unspecified atom stereocenters. The minimum absolute atomic E-state index is 0.295. The van der Waals surface area contributed by atoms with Gasteiger partial charge < -0.3 is 5.11 Å². The minimum atomic E-state index is -0.478. The average molecular weight is 290 g/mol. The van der Waals surface area contributed by atoms with Crippen LogP contribution in [0.5, 0.6) is 0 Å². The number of halogens is 1. The average Bonchev–Trinajstić information content (AvgIpc) is 2.57. The predicted molar refractivity (Wildman–Crippen MR) is 67.0 cm³/mol. The van der Waals surface area contributed by atoms with E-state index in [1.54, 1.807) is 4.68 Å². The van der Waals surface area contributed by atoms with Gasteiger partial charge in [-0.2, -0.15) is 0 Å². The summed E-state index contributed by atoms with van der Waals surface area (Å²) in [6.07, 6.45) is 3.77. The maximum atomic E-state index is 10.4. The summed E-state index contributed by atoms with van der Waals surface area (Å²) in [5.74, 6) is 0.295. The van der Waals surface area contributed by atoms with E-state index in [4.69, 9.17) is 0 Å². The smallest absolute Gasteiger partial charge is 0.154 e. The Hall–Kier alpha value is -0.420. The van der Waals surface area contributed by atoms with Crippen LogP contribution in [0.15, 0.2) is 4.60 Å². The highest BCUT2D eigenvalue weighted by Gasteiger charge is 2.25. The molecule has 16 heavy (non-hydrogen) atoms. The SMILES string of the molecule is CCCC(CCC)C(O)c1c(Br)nnn1C. The first kappa shape index (κ1) is 13.6. The van der Waals surface area contributed by atoms with Crippen LogP contribution in [0.3, 0.4) is 0 Å². The molecule has 0 radical (unpaired) electrons. The lowest BCUT2D eigenvalue weighted by atomic mass is 9.91. The Bertz CT molecular complexity index is 302. The van der Waals surface area contributed by atoms with Crippen LogP contribution in [0.1, 0.15) is 51.3 Å². The zero-order valence-electron chi connectivity index (χ0n) is 10.1. The van der Waals surface area contributed by atoms with Crippen LogP contribution in [0.4, 0.5) is 0 Å². The molecule has 0 aliphatic rings. The van der Waals surface area contributed by atoms with Crippen molar-refractivity contribution in [3.8, 4) is 0 Å². The van der Waals surface area contributed by atoms with Crippen molar-refractivity contribution in [3.63, 3.8) is 0 Å². The Morgan fingerprint density at radius 1 is 1.31 bits per heavy atom. The molecule has 1 heterocycles. The topological polar surface area (TPSA) is 50.9 Å². The molecule has 1 rings (SSSR count). The van der Waals surface area contributed by atoms with Crippen LogP contribution in [0.25, 0.3) is 0 Å². The molecular formula is C11H20BrN3O. The number of hydrogen-bond donors (Lipinski definition) is 1. The van der Waals surface area contributed by atoms with E-state index in [2.05, 4.69) is 40.1 Å². The van der Waals surface area contributed by atoms with Gasteiger partial charge >= 0.3 is 0 Å². The highest BCUT2D eigenvalue weighted by atomic mass is 79.9. The first-order valence-corrected chi connectivity index (χ1v) is 6.64. The summed E-state index contributed by atoms with van der Waals surface area (Å²) in [7, 11) is 1.81. The van der Waals surface area contributed by atoms with Gasteiger partial charge in [0, 0.05) is 7.05 Å². The summed E-state index contributed by atoms with van der Waals surface area (Å²) >= 11 is 3.33. The summed E-state index contributed by atoms with van der Waals surface area (Å²) in [6.45, 7) is 4.29. The molecule has 0 bridgehead atoms. The summed E-state index contributed by atoms with van der Waals surface area (Å²) in [4.78, 5) is 0. The van der Waals surface area contributed by atoms with Crippen molar-refractivity contribution < 1.29 is 5.11 Å². The van der Waals surface area contributed by atoms with Crippen molar-refractivity contribution in [3.05, 3.63) is 10.3 Å². The Balaban J connectivity index is 2.84. The first-order chi connectivity index (χ1) is 7.61. The summed E-state index contributed by atoms with van der Waals surface area (Å²) in [5, 5.41) is 18.2. The monoisotopic (exact) mass is 289 g/mol. The fourth-order valence-electron chi connectivity index (χ4n) is 2.08. The van der Waals surface area contributed by atoms with Gasteiger partial charge in [0.2, 0.25) is 0 Å². The second kappa shape index (κ2) is 6.35. The quantitative estimate of drug-likeness (QED) is 0.876. The molecule has 1 aromatic heterocycles. The Kier molecular flexibility index (Phi) is 5.41. The Labute approximate surface area is 105 Å². The number of rotatable bonds is 6. The molecule has 4 nitrogen and oxygen atoms in total. The van der Waals surface area contributed by atoms with Gasteiger partial charge in [-0.05, 0) is 34.7 Å². The van der Waals surface area contributed by atoms with Crippen molar-refractivity contribution in [2.75, 3.05) is 0 Å². The van der Waals surface area contributed by atoms with Crippen molar-refractivity contribution in [2.24, 2.45) is 13.0 Å². The molecule has 5 heteroatoms. The van der Waals surface area contributed by atoms with Crippen molar-refractivity contribution in [2.45, 2.75) is 45.6 Å². The lowest BCUT2D eigenvalue weighted by Crippen LogP contribution is -2.16. The van der Waals surface area contributed by atoms with Crippen LogP contribution in [0.2, 0.25) is 0 Å². The number of aliphatic hydroxyl groups is 1. The minimum Gasteiger partial charge on any atom is -0.386 e. The third kappa shape index (κ3) is 3.04. The number of nitrogens with zero attached hydrogens (tertiary/aromatic N) is 3. The maximum absolute atomic E-state index is 10.4. The molecular weight excluding hydrogens is 270 g/mol. The van der Waals surface area contributed by atoms with Gasteiger partial charge in [-0.3, -0.25) is 0 Å². The van der Waals surface area contributed by atoms with E-state index in [-0.39, 0.29) is 0 Å². The Morgan fingerprint density at radius 2 is 1.88 bits per heavy atom. The normalized spacial score (nSPS) is 13.4. The molecule has 0 saturated carbocycles. The fourth-order valence-corrected chi connectivity index (χ4v) is 2.64. The summed E-state index contributed by atoms with van der Waals surface area (Å²) < 4.78 is 2.30. The molecule has 0 amide bonds. The molecule has 0 aliphatic heterocycles. The van der Waals surface area contributed by atoms with Gasteiger partial charge in [-0.15, -0.1) is 5.10 Å². The number of aromatic nitrogens is 3. The van der Waals surface area contributed by atoms with Crippen LogP contribution in [-0.4, -0.2) is 20.1 Å². The standard InChI is InChI=1S/C11H20BrN3O/c1-4-6-8(7-5-2)10(16)9-11(12)13-14-15(9)3/h8,10,16H,4-7H2,1-3H3. The van der Waals surface area contributed by atoms with E-state index in [0.29, 0.717) is 10.5 Å². The zero-order valence-corrected chi connectivity index (χ0v) is 11.7. The second-order valence-corrected chi connectivity index (χ2v) is 4.92. The Morgan fingerprint density at radius 3 is 2.25 bits per heavy atom. The van der Waals surface area contributed by atoms with Gasteiger partial charge in [0.1, 0.15) is 11.8 Å². The molecule has 0 saturated heterocycles. The molecule has 1 N–H and O–H groups in total. The lowest BCUT2D eigenvalue weighted by Gasteiger charge is -2.22.